The Balaban J connectivity index is 1.57. The van der Waals surface area contributed by atoms with Crippen LogP contribution in [0.2, 0.25) is 0 Å². The first-order valence-electron chi connectivity index (χ1n) is 7.99. The zero-order chi connectivity index (χ0) is 18.1. The molecule has 7 heteroatoms. The maximum absolute atomic E-state index is 13.1. The lowest BCUT2D eigenvalue weighted by molar-refractivity contribution is 0.345. The molecule has 2 aromatic heterocycles. The van der Waals surface area contributed by atoms with Crippen LogP contribution >= 0.6 is 11.3 Å². The number of pyridine rings is 1. The zero-order valence-corrected chi connectivity index (χ0v) is 14.5. The number of benzene rings is 1. The Hall–Kier alpha value is -3.06. The van der Waals surface area contributed by atoms with Gasteiger partial charge in [-0.25, -0.2) is 9.37 Å². The summed E-state index contributed by atoms with van der Waals surface area (Å²) in [5.74, 6) is 0.0615. The van der Waals surface area contributed by atoms with Crippen molar-refractivity contribution in [1.29, 1.82) is 5.41 Å². The van der Waals surface area contributed by atoms with E-state index in [1.165, 1.54) is 23.5 Å². The van der Waals surface area contributed by atoms with Crippen molar-refractivity contribution >= 4 is 22.7 Å². The molecule has 0 radical (unpaired) electrons. The van der Waals surface area contributed by atoms with E-state index in [1.54, 1.807) is 23.2 Å². The van der Waals surface area contributed by atoms with Crippen LogP contribution in [0.15, 0.2) is 59.8 Å². The number of hydrogen-bond acceptors (Lipinski definition) is 5. The van der Waals surface area contributed by atoms with Crippen molar-refractivity contribution in [2.24, 2.45) is 0 Å². The van der Waals surface area contributed by atoms with Crippen LogP contribution in [0, 0.1) is 11.2 Å². The SMILES string of the molecule is N=C1C(c2nc(-c3ccc(F)cc3)cs2)=C(O)CN1Cc1ccccn1. The summed E-state index contributed by atoms with van der Waals surface area (Å²) in [6.07, 6.45) is 1.71. The summed E-state index contributed by atoms with van der Waals surface area (Å²) < 4.78 is 13.1. The molecular weight excluding hydrogens is 351 g/mol. The van der Waals surface area contributed by atoms with E-state index in [-0.39, 0.29) is 24.0 Å². The predicted molar refractivity (Wildman–Crippen MR) is 99.4 cm³/mol. The van der Waals surface area contributed by atoms with Gasteiger partial charge in [0, 0.05) is 17.1 Å². The average Bonchev–Trinajstić information content (AvgIpc) is 3.22. The molecule has 130 valence electrons. The van der Waals surface area contributed by atoms with Crippen LogP contribution in [-0.4, -0.2) is 32.4 Å². The van der Waals surface area contributed by atoms with Gasteiger partial charge in [0.15, 0.2) is 0 Å². The Kier molecular flexibility index (Phi) is 4.22. The monoisotopic (exact) mass is 366 g/mol. The molecule has 4 rings (SSSR count). The molecule has 0 aliphatic carbocycles. The highest BCUT2D eigenvalue weighted by Gasteiger charge is 2.30. The second kappa shape index (κ2) is 6.68. The second-order valence-corrected chi connectivity index (χ2v) is 6.75. The molecule has 0 spiro atoms. The normalized spacial score (nSPS) is 14.3. The Bertz CT molecular complexity index is 982. The molecule has 0 unspecified atom stereocenters. The van der Waals surface area contributed by atoms with Gasteiger partial charge in [0.25, 0.3) is 0 Å². The molecular formula is C19H15FN4OS. The van der Waals surface area contributed by atoms with E-state index in [9.17, 15) is 9.50 Å². The minimum absolute atomic E-state index is 0.130. The summed E-state index contributed by atoms with van der Waals surface area (Å²) in [5.41, 5.74) is 2.77. The van der Waals surface area contributed by atoms with E-state index in [1.807, 2.05) is 23.6 Å². The summed E-state index contributed by atoms with van der Waals surface area (Å²) in [6.45, 7) is 0.708. The third kappa shape index (κ3) is 3.09. The Morgan fingerprint density at radius 3 is 2.73 bits per heavy atom. The highest BCUT2D eigenvalue weighted by Crippen LogP contribution is 2.32. The molecule has 1 aliphatic rings. The van der Waals surface area contributed by atoms with Gasteiger partial charge in [-0.15, -0.1) is 11.3 Å². The first-order valence-corrected chi connectivity index (χ1v) is 8.87. The minimum atomic E-state index is -0.299. The molecule has 0 fully saturated rings. The van der Waals surface area contributed by atoms with E-state index in [0.29, 0.717) is 22.8 Å². The van der Waals surface area contributed by atoms with Crippen molar-refractivity contribution in [1.82, 2.24) is 14.9 Å². The quantitative estimate of drug-likeness (QED) is 0.729. The van der Waals surface area contributed by atoms with Gasteiger partial charge >= 0.3 is 0 Å². The number of nitrogens with zero attached hydrogens (tertiary/aromatic N) is 3. The largest absolute Gasteiger partial charge is 0.510 e. The van der Waals surface area contributed by atoms with Gasteiger partial charge in [0.2, 0.25) is 0 Å². The van der Waals surface area contributed by atoms with Crippen LogP contribution in [0.25, 0.3) is 16.8 Å². The lowest BCUT2D eigenvalue weighted by Crippen LogP contribution is -2.26. The predicted octanol–water partition coefficient (Wildman–Crippen LogP) is 4.11. The summed E-state index contributed by atoms with van der Waals surface area (Å²) in [4.78, 5) is 10.6. The zero-order valence-electron chi connectivity index (χ0n) is 13.7. The van der Waals surface area contributed by atoms with Gasteiger partial charge < -0.3 is 10.0 Å². The number of aromatic nitrogens is 2. The van der Waals surface area contributed by atoms with Gasteiger partial charge in [-0.2, -0.15) is 0 Å². The smallest absolute Gasteiger partial charge is 0.135 e. The van der Waals surface area contributed by atoms with Crippen molar-refractivity contribution in [3.8, 4) is 11.3 Å². The van der Waals surface area contributed by atoms with Crippen molar-refractivity contribution in [2.45, 2.75) is 6.54 Å². The first kappa shape index (κ1) is 16.4. The van der Waals surface area contributed by atoms with Crippen LogP contribution < -0.4 is 0 Å². The maximum Gasteiger partial charge on any atom is 0.135 e. The van der Waals surface area contributed by atoms with Gasteiger partial charge in [0.05, 0.1) is 30.1 Å². The molecule has 0 saturated carbocycles. The lowest BCUT2D eigenvalue weighted by Gasteiger charge is -2.17. The van der Waals surface area contributed by atoms with Crippen LogP contribution in [0.5, 0.6) is 0 Å². The molecule has 1 aliphatic heterocycles. The summed E-state index contributed by atoms with van der Waals surface area (Å²) in [7, 11) is 0. The van der Waals surface area contributed by atoms with E-state index in [2.05, 4.69) is 9.97 Å². The fourth-order valence-corrected chi connectivity index (χ4v) is 3.72. The fraction of sp³-hybridized carbons (Fsp3) is 0.105. The van der Waals surface area contributed by atoms with Crippen molar-refractivity contribution in [2.75, 3.05) is 6.54 Å². The highest BCUT2D eigenvalue weighted by atomic mass is 32.1. The standard InChI is InChI=1S/C19H15FN4OS/c20-13-6-4-12(5-7-13)15-11-26-19(23-15)17-16(25)10-24(18(17)21)9-14-3-1-2-8-22-14/h1-8,11,21,25H,9-10H2. The molecule has 3 heterocycles. The first-order chi connectivity index (χ1) is 12.6. The number of halogens is 1. The van der Waals surface area contributed by atoms with Crippen molar-refractivity contribution < 1.29 is 9.50 Å². The maximum atomic E-state index is 13.1. The summed E-state index contributed by atoms with van der Waals surface area (Å²) in [6, 6.07) is 11.7. The van der Waals surface area contributed by atoms with Crippen LogP contribution in [0.3, 0.4) is 0 Å². The molecule has 0 amide bonds. The van der Waals surface area contributed by atoms with E-state index < -0.39 is 0 Å². The third-order valence-corrected chi connectivity index (χ3v) is 4.98. The number of hydrogen-bond donors (Lipinski definition) is 2. The van der Waals surface area contributed by atoms with Crippen LogP contribution in [-0.2, 0) is 6.54 Å². The Morgan fingerprint density at radius 1 is 1.19 bits per heavy atom. The van der Waals surface area contributed by atoms with Gasteiger partial charge in [-0.1, -0.05) is 6.07 Å². The molecule has 0 bridgehead atoms. The minimum Gasteiger partial charge on any atom is -0.510 e. The topological polar surface area (TPSA) is 73.1 Å². The molecule has 0 saturated heterocycles. The van der Waals surface area contributed by atoms with Gasteiger partial charge in [-0.05, 0) is 36.4 Å². The van der Waals surface area contributed by atoms with Gasteiger partial charge in [0.1, 0.15) is 22.4 Å². The Morgan fingerprint density at radius 2 is 2.00 bits per heavy atom. The molecule has 26 heavy (non-hydrogen) atoms. The molecule has 1 aromatic carbocycles. The van der Waals surface area contributed by atoms with Crippen molar-refractivity contribution in [3.63, 3.8) is 0 Å². The van der Waals surface area contributed by atoms with Gasteiger partial charge in [-0.3, -0.25) is 10.4 Å². The van der Waals surface area contributed by atoms with E-state index in [0.717, 1.165) is 11.3 Å². The molecule has 5 nitrogen and oxygen atoms in total. The number of aliphatic hydroxyl groups excluding tert-OH is 1. The molecule has 3 aromatic rings. The number of nitrogens with one attached hydrogen (secondary N) is 1. The fourth-order valence-electron chi connectivity index (χ4n) is 2.82. The highest BCUT2D eigenvalue weighted by molar-refractivity contribution is 7.11. The molecule has 0 atom stereocenters. The van der Waals surface area contributed by atoms with Crippen LogP contribution in [0.4, 0.5) is 4.39 Å². The average molecular weight is 366 g/mol. The van der Waals surface area contributed by atoms with E-state index >= 15 is 0 Å². The Labute approximate surface area is 153 Å². The second-order valence-electron chi connectivity index (χ2n) is 5.89. The summed E-state index contributed by atoms with van der Waals surface area (Å²) >= 11 is 1.36. The lowest BCUT2D eigenvalue weighted by atomic mass is 10.2. The number of aliphatic hydroxyl groups is 1. The van der Waals surface area contributed by atoms with E-state index in [4.69, 9.17) is 5.41 Å². The summed E-state index contributed by atoms with van der Waals surface area (Å²) in [5, 5.41) is 21.2. The molecule has 2 N–H and O–H groups in total. The van der Waals surface area contributed by atoms with Crippen molar-refractivity contribution in [3.05, 3.63) is 76.3 Å². The third-order valence-electron chi connectivity index (χ3n) is 4.12. The van der Waals surface area contributed by atoms with Crippen LogP contribution in [0.1, 0.15) is 10.7 Å². The number of thiazole rings is 1. The number of amidine groups is 1. The number of rotatable bonds is 4.